The molecule has 1 aromatic carbocycles. The average molecular weight is 244 g/mol. The van der Waals surface area contributed by atoms with E-state index in [-0.39, 0.29) is 28.3 Å². The van der Waals surface area contributed by atoms with Gasteiger partial charge in [-0.25, -0.2) is 4.79 Å². The summed E-state index contributed by atoms with van der Waals surface area (Å²) in [5.74, 6) is -1.70. The van der Waals surface area contributed by atoms with E-state index in [0.29, 0.717) is 0 Å². The molecule has 0 aliphatic rings. The number of halogens is 1. The van der Waals surface area contributed by atoms with Crippen LogP contribution in [0, 0.1) is 0 Å². The van der Waals surface area contributed by atoms with E-state index in [0.717, 1.165) is 0 Å². The molecule has 0 aliphatic heterocycles. The molecule has 0 radical (unpaired) electrons. The van der Waals surface area contributed by atoms with E-state index in [1.165, 1.54) is 19.2 Å². The van der Waals surface area contributed by atoms with Crippen LogP contribution in [-0.4, -0.2) is 24.1 Å². The van der Waals surface area contributed by atoms with Gasteiger partial charge in [-0.05, 0) is 12.1 Å². The Morgan fingerprint density at radius 3 is 2.62 bits per heavy atom. The maximum atomic E-state index is 11.3. The summed E-state index contributed by atoms with van der Waals surface area (Å²) in [6.45, 7) is 0. The fraction of sp³-hybridized carbons (Fsp3) is 0.200. The highest BCUT2D eigenvalue weighted by Crippen LogP contribution is 2.28. The normalized spacial score (nSPS) is 9.88. The van der Waals surface area contributed by atoms with Crippen molar-refractivity contribution in [2.75, 3.05) is 7.11 Å². The highest BCUT2D eigenvalue weighted by molar-refractivity contribution is 6.31. The summed E-state index contributed by atoms with van der Waals surface area (Å²) in [6.07, 6.45) is -0.198. The molecule has 1 aromatic rings. The molecule has 0 bridgehead atoms. The van der Waals surface area contributed by atoms with Crippen molar-refractivity contribution in [1.82, 2.24) is 0 Å². The number of nitrogens with two attached hydrogens (primary N) is 1. The molecule has 5 nitrogen and oxygen atoms in total. The van der Waals surface area contributed by atoms with Crippen LogP contribution in [-0.2, 0) is 16.0 Å². The number of benzene rings is 1. The molecule has 86 valence electrons. The molecule has 3 N–H and O–H groups in total. The number of amides is 1. The predicted molar refractivity (Wildman–Crippen MR) is 57.4 cm³/mol. The first-order valence-corrected chi connectivity index (χ1v) is 4.71. The summed E-state index contributed by atoms with van der Waals surface area (Å²) in [5, 5.41) is 9.91. The number of primary amides is 1. The molecular weight excluding hydrogens is 234 g/mol. The molecule has 0 aliphatic carbocycles. The van der Waals surface area contributed by atoms with Gasteiger partial charge in [0.25, 0.3) is 0 Å². The molecule has 0 unspecified atom stereocenters. The maximum absolute atomic E-state index is 11.3. The van der Waals surface area contributed by atoms with Crippen LogP contribution in [0.3, 0.4) is 0 Å². The SMILES string of the molecule is COC(=O)c1cc(Cl)cc(CC(N)=O)c1O. The highest BCUT2D eigenvalue weighted by atomic mass is 35.5. The second-order valence-electron chi connectivity index (χ2n) is 3.10. The lowest BCUT2D eigenvalue weighted by Gasteiger charge is -2.08. The summed E-state index contributed by atoms with van der Waals surface area (Å²) in [5.41, 5.74) is 5.10. The van der Waals surface area contributed by atoms with Crippen molar-refractivity contribution < 1.29 is 19.4 Å². The molecule has 0 saturated carbocycles. The first-order valence-electron chi connectivity index (χ1n) is 4.33. The number of phenolic OH excluding ortho intramolecular Hbond substituents is 1. The molecule has 0 spiro atoms. The lowest BCUT2D eigenvalue weighted by Crippen LogP contribution is -2.14. The monoisotopic (exact) mass is 243 g/mol. The Morgan fingerprint density at radius 2 is 2.12 bits per heavy atom. The molecule has 0 atom stereocenters. The zero-order valence-electron chi connectivity index (χ0n) is 8.49. The number of carbonyl (C=O) groups excluding carboxylic acids is 2. The van der Waals surface area contributed by atoms with E-state index in [9.17, 15) is 14.7 Å². The standard InChI is InChI=1S/C10H10ClNO4/c1-16-10(15)7-4-6(11)2-5(9(7)14)3-8(12)13/h2,4,14H,3H2,1H3,(H2,12,13). The van der Waals surface area contributed by atoms with E-state index in [1.807, 2.05) is 0 Å². The lowest BCUT2D eigenvalue weighted by atomic mass is 10.1. The minimum absolute atomic E-state index is 0.0914. The summed E-state index contributed by atoms with van der Waals surface area (Å²) in [6, 6.07) is 2.63. The third kappa shape index (κ3) is 2.64. The van der Waals surface area contributed by atoms with Gasteiger partial charge in [-0.2, -0.15) is 0 Å². The van der Waals surface area contributed by atoms with Crippen LogP contribution >= 0.6 is 11.6 Å². The first-order chi connectivity index (χ1) is 7.45. The molecule has 1 amide bonds. The van der Waals surface area contributed by atoms with Crippen molar-refractivity contribution in [2.24, 2.45) is 5.73 Å². The number of ether oxygens (including phenoxy) is 1. The van der Waals surface area contributed by atoms with E-state index in [4.69, 9.17) is 17.3 Å². The Kier molecular flexibility index (Phi) is 3.73. The first kappa shape index (κ1) is 12.3. The van der Waals surface area contributed by atoms with E-state index in [2.05, 4.69) is 4.74 Å². The third-order valence-corrected chi connectivity index (χ3v) is 2.14. The summed E-state index contributed by atoms with van der Waals surface area (Å²) in [4.78, 5) is 22.0. The van der Waals surface area contributed by atoms with E-state index >= 15 is 0 Å². The fourth-order valence-corrected chi connectivity index (χ4v) is 1.48. The van der Waals surface area contributed by atoms with Gasteiger partial charge in [0.2, 0.25) is 5.91 Å². The largest absolute Gasteiger partial charge is 0.507 e. The molecule has 16 heavy (non-hydrogen) atoms. The van der Waals surface area contributed by atoms with Gasteiger partial charge < -0.3 is 15.6 Å². The maximum Gasteiger partial charge on any atom is 0.341 e. The number of esters is 1. The lowest BCUT2D eigenvalue weighted by molar-refractivity contribution is -0.117. The van der Waals surface area contributed by atoms with Crippen LogP contribution in [0.5, 0.6) is 5.75 Å². The van der Waals surface area contributed by atoms with E-state index < -0.39 is 11.9 Å². The smallest absolute Gasteiger partial charge is 0.341 e. The van der Waals surface area contributed by atoms with Crippen LogP contribution in [0.25, 0.3) is 0 Å². The van der Waals surface area contributed by atoms with Gasteiger partial charge >= 0.3 is 5.97 Å². The van der Waals surface area contributed by atoms with Crippen molar-refractivity contribution in [3.05, 3.63) is 28.3 Å². The van der Waals surface area contributed by atoms with Gasteiger partial charge in [0.1, 0.15) is 11.3 Å². The number of methoxy groups -OCH3 is 1. The van der Waals surface area contributed by atoms with Gasteiger partial charge in [0, 0.05) is 10.6 Å². The number of rotatable bonds is 3. The van der Waals surface area contributed by atoms with Crippen molar-refractivity contribution in [3.63, 3.8) is 0 Å². The topological polar surface area (TPSA) is 89.6 Å². The Hall–Kier alpha value is -1.75. The Morgan fingerprint density at radius 1 is 1.50 bits per heavy atom. The fourth-order valence-electron chi connectivity index (χ4n) is 1.24. The van der Waals surface area contributed by atoms with Crippen LogP contribution in [0.1, 0.15) is 15.9 Å². The third-order valence-electron chi connectivity index (χ3n) is 1.92. The molecule has 1 rings (SSSR count). The minimum Gasteiger partial charge on any atom is -0.507 e. The number of aromatic hydroxyl groups is 1. The van der Waals surface area contributed by atoms with Crippen LogP contribution in [0.4, 0.5) is 0 Å². The second kappa shape index (κ2) is 4.85. The van der Waals surface area contributed by atoms with Crippen LogP contribution in [0.2, 0.25) is 5.02 Å². The zero-order chi connectivity index (χ0) is 12.3. The number of hydrogen-bond acceptors (Lipinski definition) is 4. The Balaban J connectivity index is 3.25. The van der Waals surface area contributed by atoms with Crippen molar-refractivity contribution in [3.8, 4) is 5.75 Å². The number of carbonyl (C=O) groups is 2. The molecule has 0 saturated heterocycles. The molecular formula is C10H10ClNO4. The molecule has 0 aromatic heterocycles. The molecule has 6 heteroatoms. The van der Waals surface area contributed by atoms with Crippen molar-refractivity contribution in [1.29, 1.82) is 0 Å². The Bertz CT molecular complexity index is 445. The quantitative estimate of drug-likeness (QED) is 0.771. The van der Waals surface area contributed by atoms with Gasteiger partial charge in [-0.1, -0.05) is 11.6 Å². The summed E-state index contributed by atoms with van der Waals surface area (Å²) < 4.78 is 4.46. The average Bonchev–Trinajstić information content (AvgIpc) is 2.21. The van der Waals surface area contributed by atoms with E-state index in [1.54, 1.807) is 0 Å². The van der Waals surface area contributed by atoms with Crippen molar-refractivity contribution in [2.45, 2.75) is 6.42 Å². The van der Waals surface area contributed by atoms with Gasteiger partial charge in [0.05, 0.1) is 13.5 Å². The van der Waals surface area contributed by atoms with Crippen LogP contribution < -0.4 is 5.73 Å². The predicted octanol–water partition coefficient (Wildman–Crippen LogP) is 0.860. The minimum atomic E-state index is -0.731. The second-order valence-corrected chi connectivity index (χ2v) is 3.53. The molecule has 0 heterocycles. The zero-order valence-corrected chi connectivity index (χ0v) is 9.25. The molecule has 0 fully saturated rings. The highest BCUT2D eigenvalue weighted by Gasteiger charge is 2.17. The van der Waals surface area contributed by atoms with Crippen molar-refractivity contribution >= 4 is 23.5 Å². The van der Waals surface area contributed by atoms with Gasteiger partial charge in [0.15, 0.2) is 0 Å². The number of phenols is 1. The van der Waals surface area contributed by atoms with Gasteiger partial charge in [-0.15, -0.1) is 0 Å². The summed E-state index contributed by atoms with van der Waals surface area (Å²) >= 11 is 5.74. The van der Waals surface area contributed by atoms with Gasteiger partial charge in [-0.3, -0.25) is 4.79 Å². The number of hydrogen-bond donors (Lipinski definition) is 2. The summed E-state index contributed by atoms with van der Waals surface area (Å²) in [7, 11) is 1.18. The Labute approximate surface area is 96.8 Å². The van der Waals surface area contributed by atoms with Crippen LogP contribution in [0.15, 0.2) is 12.1 Å².